The Labute approximate surface area is 112 Å². The number of rotatable bonds is 6. The summed E-state index contributed by atoms with van der Waals surface area (Å²) in [5.41, 5.74) is 0.528. The number of hydrogen-bond acceptors (Lipinski definition) is 3. The van der Waals surface area contributed by atoms with Crippen LogP contribution in [0.25, 0.3) is 0 Å². The van der Waals surface area contributed by atoms with Gasteiger partial charge in [-0.3, -0.25) is 4.79 Å². The van der Waals surface area contributed by atoms with Crippen LogP contribution in [0.2, 0.25) is 0 Å². The zero-order valence-electron chi connectivity index (χ0n) is 10.6. The van der Waals surface area contributed by atoms with E-state index in [2.05, 4.69) is 6.07 Å². The molecule has 0 aliphatic carbocycles. The van der Waals surface area contributed by atoms with Crippen molar-refractivity contribution >= 4 is 17.7 Å². The highest BCUT2D eigenvalue weighted by Gasteiger charge is 2.15. The lowest BCUT2D eigenvalue weighted by Gasteiger charge is -2.14. The molecule has 1 rings (SSSR count). The van der Waals surface area contributed by atoms with Crippen molar-refractivity contribution in [2.24, 2.45) is 5.41 Å². The molecule has 0 aliphatic rings. The smallest absolute Gasteiger partial charge is 0.307 e. The van der Waals surface area contributed by atoms with Crippen molar-refractivity contribution in [1.82, 2.24) is 0 Å². The van der Waals surface area contributed by atoms with Crippen molar-refractivity contribution in [2.75, 3.05) is 5.75 Å². The van der Waals surface area contributed by atoms with Crippen molar-refractivity contribution < 1.29 is 9.90 Å². The summed E-state index contributed by atoms with van der Waals surface area (Å²) >= 11 is 1.69. The van der Waals surface area contributed by atoms with E-state index in [0.717, 1.165) is 22.6 Å². The molecule has 0 amide bonds. The maximum atomic E-state index is 10.5. The van der Waals surface area contributed by atoms with Gasteiger partial charge >= 0.3 is 5.97 Å². The number of thioether (sulfide) groups is 1. The SMILES string of the molecule is CC(C)(C#N)CCSc1ccc(CC(=O)O)cc1. The van der Waals surface area contributed by atoms with Crippen LogP contribution < -0.4 is 0 Å². The van der Waals surface area contributed by atoms with Crippen LogP contribution in [0.4, 0.5) is 0 Å². The molecule has 0 fully saturated rings. The molecule has 0 spiro atoms. The lowest BCUT2D eigenvalue weighted by molar-refractivity contribution is -0.136. The maximum absolute atomic E-state index is 10.5. The zero-order chi connectivity index (χ0) is 13.6. The molecule has 0 aromatic heterocycles. The summed E-state index contributed by atoms with van der Waals surface area (Å²) in [5.74, 6) is 0.0740. The van der Waals surface area contributed by atoms with Crippen LogP contribution in [0.5, 0.6) is 0 Å². The highest BCUT2D eigenvalue weighted by atomic mass is 32.2. The second kappa shape index (κ2) is 6.46. The van der Waals surface area contributed by atoms with Crippen LogP contribution >= 0.6 is 11.8 Å². The fraction of sp³-hybridized carbons (Fsp3) is 0.429. The van der Waals surface area contributed by atoms with Crippen LogP contribution in [0.3, 0.4) is 0 Å². The molecule has 0 radical (unpaired) electrons. The molecule has 0 bridgehead atoms. The van der Waals surface area contributed by atoms with Crippen molar-refractivity contribution in [3.8, 4) is 6.07 Å². The summed E-state index contributed by atoms with van der Waals surface area (Å²) in [5, 5.41) is 17.6. The Morgan fingerprint density at radius 3 is 2.50 bits per heavy atom. The molecule has 0 heterocycles. The largest absolute Gasteiger partial charge is 0.481 e. The molecule has 1 N–H and O–H groups in total. The zero-order valence-corrected chi connectivity index (χ0v) is 11.5. The average molecular weight is 263 g/mol. The predicted molar refractivity (Wildman–Crippen MR) is 72.5 cm³/mol. The maximum Gasteiger partial charge on any atom is 0.307 e. The summed E-state index contributed by atoms with van der Waals surface area (Å²) in [6.45, 7) is 3.87. The Bertz CT molecular complexity index is 446. The molecule has 0 unspecified atom stereocenters. The second-order valence-corrected chi connectivity index (χ2v) is 5.98. The topological polar surface area (TPSA) is 61.1 Å². The molecule has 0 saturated carbocycles. The Balaban J connectivity index is 2.45. The van der Waals surface area contributed by atoms with Gasteiger partial charge in [-0.1, -0.05) is 12.1 Å². The van der Waals surface area contributed by atoms with E-state index in [0.29, 0.717) is 0 Å². The van der Waals surface area contributed by atoms with E-state index in [1.807, 2.05) is 38.1 Å². The fourth-order valence-corrected chi connectivity index (χ4v) is 2.53. The standard InChI is InChI=1S/C14H17NO2S/c1-14(2,10-15)7-8-18-12-5-3-11(4-6-12)9-13(16)17/h3-6H,7-9H2,1-2H3,(H,16,17). The predicted octanol–water partition coefficient (Wildman–Crippen LogP) is 3.35. The van der Waals surface area contributed by atoms with Crippen molar-refractivity contribution in [2.45, 2.75) is 31.6 Å². The van der Waals surface area contributed by atoms with Crippen LogP contribution in [0.1, 0.15) is 25.8 Å². The highest BCUT2D eigenvalue weighted by Crippen LogP contribution is 2.26. The first-order valence-electron chi connectivity index (χ1n) is 5.78. The minimum atomic E-state index is -0.814. The molecule has 18 heavy (non-hydrogen) atoms. The molecule has 3 nitrogen and oxygen atoms in total. The average Bonchev–Trinajstić information content (AvgIpc) is 2.30. The Hall–Kier alpha value is -1.47. The molecular formula is C14H17NO2S. The molecule has 1 aromatic carbocycles. The van der Waals surface area contributed by atoms with Gasteiger partial charge in [-0.15, -0.1) is 11.8 Å². The Morgan fingerprint density at radius 2 is 2.00 bits per heavy atom. The molecule has 1 aromatic rings. The number of carboxylic acid groups (broad SMARTS) is 1. The number of hydrogen-bond donors (Lipinski definition) is 1. The van der Waals surface area contributed by atoms with Gasteiger partial charge in [0.1, 0.15) is 0 Å². The van der Waals surface area contributed by atoms with E-state index in [-0.39, 0.29) is 11.8 Å². The minimum absolute atomic E-state index is 0.0619. The van der Waals surface area contributed by atoms with E-state index in [4.69, 9.17) is 10.4 Å². The van der Waals surface area contributed by atoms with Gasteiger partial charge in [0.05, 0.1) is 17.9 Å². The third-order valence-electron chi connectivity index (χ3n) is 2.58. The number of aliphatic carboxylic acids is 1. The van der Waals surface area contributed by atoms with Gasteiger partial charge in [-0.05, 0) is 43.7 Å². The van der Waals surface area contributed by atoms with E-state index >= 15 is 0 Å². The molecule has 4 heteroatoms. The lowest BCUT2D eigenvalue weighted by atomic mass is 9.93. The van der Waals surface area contributed by atoms with Gasteiger partial charge in [-0.2, -0.15) is 5.26 Å². The van der Waals surface area contributed by atoms with Crippen LogP contribution in [-0.2, 0) is 11.2 Å². The Kier molecular flexibility index (Phi) is 5.24. The second-order valence-electron chi connectivity index (χ2n) is 4.81. The van der Waals surface area contributed by atoms with Gasteiger partial charge in [0, 0.05) is 4.90 Å². The van der Waals surface area contributed by atoms with Crippen molar-refractivity contribution in [1.29, 1.82) is 5.26 Å². The van der Waals surface area contributed by atoms with Crippen molar-refractivity contribution in [3.05, 3.63) is 29.8 Å². The fourth-order valence-electron chi connectivity index (χ4n) is 1.36. The van der Waals surface area contributed by atoms with Crippen LogP contribution in [-0.4, -0.2) is 16.8 Å². The van der Waals surface area contributed by atoms with Crippen LogP contribution in [0, 0.1) is 16.7 Å². The quantitative estimate of drug-likeness (QED) is 0.799. The number of carbonyl (C=O) groups is 1. The summed E-state index contributed by atoms with van der Waals surface area (Å²) in [4.78, 5) is 11.6. The third-order valence-corrected chi connectivity index (χ3v) is 3.59. The Morgan fingerprint density at radius 1 is 1.39 bits per heavy atom. The van der Waals surface area contributed by atoms with Gasteiger partial charge < -0.3 is 5.11 Å². The molecule has 0 aliphatic heterocycles. The minimum Gasteiger partial charge on any atom is -0.481 e. The van der Waals surface area contributed by atoms with Crippen molar-refractivity contribution in [3.63, 3.8) is 0 Å². The number of carboxylic acids is 1. The third kappa shape index (κ3) is 5.24. The molecular weight excluding hydrogens is 246 g/mol. The van der Waals surface area contributed by atoms with E-state index < -0.39 is 5.97 Å². The monoisotopic (exact) mass is 263 g/mol. The van der Waals surface area contributed by atoms with E-state index in [9.17, 15) is 4.79 Å². The summed E-state index contributed by atoms with van der Waals surface area (Å²) < 4.78 is 0. The number of nitriles is 1. The number of nitrogens with zero attached hydrogens (tertiary/aromatic N) is 1. The van der Waals surface area contributed by atoms with E-state index in [1.54, 1.807) is 11.8 Å². The first-order valence-corrected chi connectivity index (χ1v) is 6.76. The molecule has 0 saturated heterocycles. The molecule has 96 valence electrons. The van der Waals surface area contributed by atoms with Gasteiger partial charge in [-0.25, -0.2) is 0 Å². The lowest BCUT2D eigenvalue weighted by Crippen LogP contribution is -2.08. The van der Waals surface area contributed by atoms with Gasteiger partial charge in [0.15, 0.2) is 0 Å². The highest BCUT2D eigenvalue weighted by molar-refractivity contribution is 7.99. The van der Waals surface area contributed by atoms with Gasteiger partial charge in [0.25, 0.3) is 0 Å². The van der Waals surface area contributed by atoms with Crippen LogP contribution in [0.15, 0.2) is 29.2 Å². The van der Waals surface area contributed by atoms with Gasteiger partial charge in [0.2, 0.25) is 0 Å². The molecule has 0 atom stereocenters. The first kappa shape index (κ1) is 14.6. The summed E-state index contributed by atoms with van der Waals surface area (Å²) in [6, 6.07) is 9.82. The number of benzene rings is 1. The normalized spacial score (nSPS) is 10.9. The van der Waals surface area contributed by atoms with E-state index in [1.165, 1.54) is 0 Å². The summed E-state index contributed by atoms with van der Waals surface area (Å²) in [6.07, 6.45) is 0.900. The first-order chi connectivity index (χ1) is 8.43. The summed E-state index contributed by atoms with van der Waals surface area (Å²) in [7, 11) is 0.